The number of hydrogen-bond acceptors (Lipinski definition) is 4. The normalized spacial score (nSPS) is 13.1. The zero-order chi connectivity index (χ0) is 19.5. The molecule has 0 radical (unpaired) electrons. The first-order valence-electron chi connectivity index (χ1n) is 8.63. The number of hydrogen-bond donors (Lipinski definition) is 1. The zero-order valence-corrected chi connectivity index (χ0v) is 15.9. The number of ether oxygens (including phenoxy) is 1. The van der Waals surface area contributed by atoms with Crippen molar-refractivity contribution in [3.63, 3.8) is 0 Å². The Labute approximate surface area is 154 Å². The molecular weight excluding hydrogens is 328 g/mol. The highest BCUT2D eigenvalue weighted by Crippen LogP contribution is 2.42. The molecular formula is C22H26O4. The molecule has 1 atom stereocenters. The predicted molar refractivity (Wildman–Crippen MR) is 101 cm³/mol. The van der Waals surface area contributed by atoms with Gasteiger partial charge in [-0.15, -0.1) is 0 Å². The van der Waals surface area contributed by atoms with Crippen LogP contribution in [-0.4, -0.2) is 16.9 Å². The third-order valence-electron chi connectivity index (χ3n) is 4.33. The molecule has 138 valence electrons. The van der Waals surface area contributed by atoms with Gasteiger partial charge in [-0.3, -0.25) is 4.79 Å². The number of carbonyl (C=O) groups excluding carboxylic acids is 2. The van der Waals surface area contributed by atoms with Crippen LogP contribution >= 0.6 is 0 Å². The third kappa shape index (κ3) is 4.31. The van der Waals surface area contributed by atoms with Gasteiger partial charge >= 0.3 is 5.97 Å². The van der Waals surface area contributed by atoms with Gasteiger partial charge in [-0.2, -0.15) is 0 Å². The van der Waals surface area contributed by atoms with E-state index in [-0.39, 0.29) is 17.1 Å². The van der Waals surface area contributed by atoms with Crippen molar-refractivity contribution in [3.05, 3.63) is 65.7 Å². The van der Waals surface area contributed by atoms with Crippen molar-refractivity contribution in [2.24, 2.45) is 10.8 Å². The second-order valence-electron chi connectivity index (χ2n) is 8.05. The number of ketones is 1. The zero-order valence-electron chi connectivity index (χ0n) is 15.9. The first-order chi connectivity index (χ1) is 12.0. The maximum Gasteiger partial charge on any atom is 0.338 e. The fourth-order valence-corrected chi connectivity index (χ4v) is 3.15. The molecule has 0 saturated carbocycles. The monoisotopic (exact) mass is 354 g/mol. The smallest absolute Gasteiger partial charge is 0.338 e. The maximum atomic E-state index is 13.0. The quantitative estimate of drug-likeness (QED) is 0.773. The molecule has 0 aromatic heterocycles. The minimum atomic E-state index is -0.925. The van der Waals surface area contributed by atoms with Gasteiger partial charge in [0.2, 0.25) is 0 Å². The molecule has 2 aromatic carbocycles. The van der Waals surface area contributed by atoms with Gasteiger partial charge in [0.05, 0.1) is 11.0 Å². The summed E-state index contributed by atoms with van der Waals surface area (Å²) in [5, 5.41) is 9.61. The molecule has 0 bridgehead atoms. The Bertz CT molecular complexity index is 785. The lowest BCUT2D eigenvalue weighted by molar-refractivity contribution is -0.141. The number of benzene rings is 2. The molecule has 1 unspecified atom stereocenters. The fraction of sp³-hybridized carbons (Fsp3) is 0.364. The lowest BCUT2D eigenvalue weighted by Gasteiger charge is -2.37. The molecule has 26 heavy (non-hydrogen) atoms. The SMILES string of the molecule is CC(C)(C)C(=O)C(C)(C)C(OC(=O)c1cccc(O)c1)c1ccccc1. The molecule has 0 fully saturated rings. The summed E-state index contributed by atoms with van der Waals surface area (Å²) in [6.07, 6.45) is -0.745. The highest BCUT2D eigenvalue weighted by Gasteiger charge is 2.45. The second-order valence-corrected chi connectivity index (χ2v) is 8.05. The number of carbonyl (C=O) groups is 2. The van der Waals surface area contributed by atoms with E-state index in [0.717, 1.165) is 5.56 Å². The lowest BCUT2D eigenvalue weighted by atomic mass is 9.70. The van der Waals surface area contributed by atoms with E-state index < -0.39 is 22.9 Å². The predicted octanol–water partition coefficient (Wildman–Crippen LogP) is 4.93. The number of phenols is 1. The van der Waals surface area contributed by atoms with E-state index in [9.17, 15) is 14.7 Å². The first-order valence-corrected chi connectivity index (χ1v) is 8.63. The molecule has 1 N–H and O–H groups in total. The summed E-state index contributed by atoms with van der Waals surface area (Å²) in [5.41, 5.74) is -0.506. The van der Waals surface area contributed by atoms with E-state index in [1.165, 1.54) is 12.1 Å². The molecule has 2 rings (SSSR count). The highest BCUT2D eigenvalue weighted by atomic mass is 16.5. The summed E-state index contributed by atoms with van der Waals surface area (Å²) in [5.74, 6) is -0.590. The number of Topliss-reactive ketones (excluding diaryl/α,β-unsaturated/α-hetero) is 1. The van der Waals surface area contributed by atoms with Crippen molar-refractivity contribution in [2.75, 3.05) is 0 Å². The van der Waals surface area contributed by atoms with Gasteiger partial charge in [0, 0.05) is 5.41 Å². The molecule has 4 nitrogen and oxygen atoms in total. The number of esters is 1. The van der Waals surface area contributed by atoms with Crippen molar-refractivity contribution in [3.8, 4) is 5.75 Å². The van der Waals surface area contributed by atoms with Gasteiger partial charge in [0.1, 0.15) is 17.6 Å². The summed E-state index contributed by atoms with van der Waals surface area (Å²) in [6.45, 7) is 9.17. The van der Waals surface area contributed by atoms with Crippen LogP contribution < -0.4 is 0 Å². The average Bonchev–Trinajstić information content (AvgIpc) is 2.58. The summed E-state index contributed by atoms with van der Waals surface area (Å²) in [4.78, 5) is 25.7. The third-order valence-corrected chi connectivity index (χ3v) is 4.33. The molecule has 0 aliphatic rings. The van der Waals surface area contributed by atoms with Crippen molar-refractivity contribution < 1.29 is 19.4 Å². The standard InChI is InChI=1S/C22H26O4/c1-21(2,3)20(25)22(4,5)18(15-10-7-6-8-11-15)26-19(24)16-12-9-13-17(23)14-16/h6-14,18,23H,1-5H3. The minimum Gasteiger partial charge on any atom is -0.508 e. The molecule has 0 heterocycles. The van der Waals surface area contributed by atoms with Crippen LogP contribution in [0.2, 0.25) is 0 Å². The number of aromatic hydroxyl groups is 1. The van der Waals surface area contributed by atoms with Crippen LogP contribution in [0.25, 0.3) is 0 Å². The Balaban J connectivity index is 2.42. The van der Waals surface area contributed by atoms with E-state index in [1.807, 2.05) is 51.1 Å². The van der Waals surface area contributed by atoms with Crippen LogP contribution in [-0.2, 0) is 9.53 Å². The Kier molecular flexibility index (Phi) is 5.55. The van der Waals surface area contributed by atoms with Gasteiger partial charge in [-0.05, 0) is 37.6 Å². The van der Waals surface area contributed by atoms with Crippen molar-refractivity contribution >= 4 is 11.8 Å². The largest absolute Gasteiger partial charge is 0.508 e. The topological polar surface area (TPSA) is 63.6 Å². The van der Waals surface area contributed by atoms with E-state index in [4.69, 9.17) is 4.74 Å². The number of phenolic OH excluding ortho intramolecular Hbond substituents is 1. The summed E-state index contributed by atoms with van der Waals surface area (Å²) < 4.78 is 5.79. The summed E-state index contributed by atoms with van der Waals surface area (Å²) in [6, 6.07) is 15.2. The highest BCUT2D eigenvalue weighted by molar-refractivity contribution is 5.92. The van der Waals surface area contributed by atoms with Gasteiger partial charge < -0.3 is 9.84 Å². The minimum absolute atomic E-state index is 0.00237. The molecule has 2 aromatic rings. The van der Waals surface area contributed by atoms with Crippen LogP contribution in [0, 0.1) is 10.8 Å². The van der Waals surface area contributed by atoms with Crippen LogP contribution in [0.4, 0.5) is 0 Å². The molecule has 4 heteroatoms. The molecule has 0 saturated heterocycles. The second kappa shape index (κ2) is 7.32. The fourth-order valence-electron chi connectivity index (χ4n) is 3.15. The Hall–Kier alpha value is -2.62. The first kappa shape index (κ1) is 19.7. The molecule has 0 spiro atoms. The van der Waals surface area contributed by atoms with Gasteiger partial charge in [-0.1, -0.05) is 57.2 Å². The average molecular weight is 354 g/mol. The Morgan fingerprint density at radius 3 is 2.08 bits per heavy atom. The lowest BCUT2D eigenvalue weighted by Crippen LogP contribution is -2.41. The van der Waals surface area contributed by atoms with Gasteiger partial charge in [0.25, 0.3) is 0 Å². The van der Waals surface area contributed by atoms with Crippen molar-refractivity contribution in [2.45, 2.75) is 40.7 Å². The Morgan fingerprint density at radius 1 is 0.923 bits per heavy atom. The van der Waals surface area contributed by atoms with Crippen molar-refractivity contribution in [1.29, 1.82) is 0 Å². The Morgan fingerprint density at radius 2 is 1.54 bits per heavy atom. The van der Waals surface area contributed by atoms with E-state index in [0.29, 0.717) is 0 Å². The number of rotatable bonds is 5. The van der Waals surface area contributed by atoms with Crippen LogP contribution in [0.5, 0.6) is 5.75 Å². The molecule has 0 aliphatic carbocycles. The van der Waals surface area contributed by atoms with E-state index in [2.05, 4.69) is 0 Å². The summed E-state index contributed by atoms with van der Waals surface area (Å²) in [7, 11) is 0. The van der Waals surface area contributed by atoms with Crippen molar-refractivity contribution in [1.82, 2.24) is 0 Å². The maximum absolute atomic E-state index is 13.0. The van der Waals surface area contributed by atoms with Crippen LogP contribution in [0.1, 0.15) is 56.6 Å². The summed E-state index contributed by atoms with van der Waals surface area (Å²) >= 11 is 0. The van der Waals surface area contributed by atoms with Crippen LogP contribution in [0.15, 0.2) is 54.6 Å². The van der Waals surface area contributed by atoms with E-state index in [1.54, 1.807) is 26.0 Å². The van der Waals surface area contributed by atoms with Gasteiger partial charge in [0.15, 0.2) is 0 Å². The van der Waals surface area contributed by atoms with E-state index >= 15 is 0 Å². The molecule has 0 amide bonds. The molecule has 0 aliphatic heterocycles. The van der Waals surface area contributed by atoms with Crippen LogP contribution in [0.3, 0.4) is 0 Å². The van der Waals surface area contributed by atoms with Gasteiger partial charge in [-0.25, -0.2) is 4.79 Å².